The van der Waals surface area contributed by atoms with Crippen LogP contribution in [0.3, 0.4) is 0 Å². The van der Waals surface area contributed by atoms with Crippen LogP contribution >= 0.6 is 23.8 Å². The first-order chi connectivity index (χ1) is 8.16. The van der Waals surface area contributed by atoms with Crippen LogP contribution in [0.1, 0.15) is 5.69 Å². The lowest BCUT2D eigenvalue weighted by molar-refractivity contribution is 1.28. The predicted octanol–water partition coefficient (Wildman–Crippen LogP) is 3.11. The fourth-order valence-electron chi connectivity index (χ4n) is 1.34. The maximum absolute atomic E-state index is 6.04. The third-order valence-corrected chi connectivity index (χ3v) is 2.68. The summed E-state index contributed by atoms with van der Waals surface area (Å²) in [6.45, 7) is 0. The van der Waals surface area contributed by atoms with E-state index >= 15 is 0 Å². The van der Waals surface area contributed by atoms with Gasteiger partial charge in [-0.25, -0.2) is 4.98 Å². The molecule has 0 fully saturated rings. The molecule has 2 rings (SSSR count). The van der Waals surface area contributed by atoms with Gasteiger partial charge in [-0.2, -0.15) is 0 Å². The summed E-state index contributed by atoms with van der Waals surface area (Å²) in [5.74, 6) is 0.656. The zero-order valence-electron chi connectivity index (χ0n) is 8.85. The molecule has 5 heteroatoms. The van der Waals surface area contributed by atoms with E-state index in [0.717, 1.165) is 5.69 Å². The van der Waals surface area contributed by atoms with Crippen molar-refractivity contribution in [3.63, 3.8) is 0 Å². The van der Waals surface area contributed by atoms with E-state index < -0.39 is 0 Å². The Morgan fingerprint density at radius 3 is 2.65 bits per heavy atom. The molecule has 0 bridgehead atoms. The van der Waals surface area contributed by atoms with Gasteiger partial charge < -0.3 is 11.1 Å². The highest BCUT2D eigenvalue weighted by Gasteiger charge is 2.02. The summed E-state index contributed by atoms with van der Waals surface area (Å²) in [6, 6.07) is 12.9. The number of hydrogen-bond donors (Lipinski definition) is 2. The second-order valence-corrected chi connectivity index (χ2v) is 4.22. The van der Waals surface area contributed by atoms with Crippen molar-refractivity contribution in [2.24, 2.45) is 5.73 Å². The van der Waals surface area contributed by atoms with Gasteiger partial charge in [-0.15, -0.1) is 0 Å². The van der Waals surface area contributed by atoms with Crippen LogP contribution in [-0.4, -0.2) is 9.97 Å². The number of thiocarbonyl (C=S) groups is 1. The summed E-state index contributed by atoms with van der Waals surface area (Å²) < 4.78 is 0. The molecule has 0 saturated heterocycles. The van der Waals surface area contributed by atoms with Gasteiger partial charge in [0.15, 0.2) is 0 Å². The van der Waals surface area contributed by atoms with Crippen molar-refractivity contribution in [3.05, 3.63) is 53.2 Å². The lowest BCUT2D eigenvalue weighted by Crippen LogP contribution is -2.12. The van der Waals surface area contributed by atoms with Crippen LogP contribution < -0.4 is 11.1 Å². The summed E-state index contributed by atoms with van der Waals surface area (Å²) in [5, 5.41) is 3.74. The van der Waals surface area contributed by atoms with Crippen molar-refractivity contribution in [2.75, 3.05) is 5.32 Å². The number of benzene rings is 1. The second-order valence-electron chi connectivity index (χ2n) is 3.38. The first-order valence-corrected chi connectivity index (χ1v) is 5.74. The van der Waals surface area contributed by atoms with Gasteiger partial charge in [-0.05, 0) is 24.3 Å². The van der Waals surface area contributed by atoms with E-state index in [2.05, 4.69) is 10.3 Å². The highest BCUT2D eigenvalue weighted by atomic mass is 35.5. The molecule has 0 radical (unpaired) electrons. The van der Waals surface area contributed by atoms with E-state index in [1.165, 1.54) is 0 Å². The van der Waals surface area contributed by atoms with Crippen molar-refractivity contribution in [1.29, 1.82) is 0 Å². The molecule has 1 heterocycles. The monoisotopic (exact) mass is 263 g/mol. The summed E-state index contributed by atoms with van der Waals surface area (Å²) in [4.78, 5) is 4.54. The first kappa shape index (κ1) is 11.8. The van der Waals surface area contributed by atoms with Crippen molar-refractivity contribution in [1.82, 2.24) is 4.98 Å². The van der Waals surface area contributed by atoms with Crippen molar-refractivity contribution in [3.8, 4) is 0 Å². The molecule has 0 spiro atoms. The van der Waals surface area contributed by atoms with Crippen LogP contribution in [0.25, 0.3) is 0 Å². The van der Waals surface area contributed by atoms with Gasteiger partial charge in [0.25, 0.3) is 0 Å². The first-order valence-electron chi connectivity index (χ1n) is 4.95. The Bertz CT molecular complexity index is 557. The number of para-hydroxylation sites is 1. The number of aromatic nitrogens is 1. The molecule has 3 N–H and O–H groups in total. The fraction of sp³-hybridized carbons (Fsp3) is 0. The Morgan fingerprint density at radius 1 is 1.18 bits per heavy atom. The average Bonchev–Trinajstić information content (AvgIpc) is 2.32. The van der Waals surface area contributed by atoms with Crippen LogP contribution in [0.2, 0.25) is 5.02 Å². The Balaban J connectivity index is 2.28. The quantitative estimate of drug-likeness (QED) is 0.836. The van der Waals surface area contributed by atoms with Crippen LogP contribution in [0.15, 0.2) is 42.5 Å². The Hall–Kier alpha value is -1.65. The minimum Gasteiger partial charge on any atom is -0.388 e. The molecule has 1 aromatic carbocycles. The molecule has 0 unspecified atom stereocenters. The third kappa shape index (κ3) is 2.93. The van der Waals surface area contributed by atoms with Gasteiger partial charge in [0.2, 0.25) is 0 Å². The van der Waals surface area contributed by atoms with Crippen LogP contribution in [0, 0.1) is 0 Å². The average molecular weight is 264 g/mol. The smallest absolute Gasteiger partial charge is 0.131 e. The molecule has 0 aliphatic rings. The topological polar surface area (TPSA) is 50.9 Å². The molecule has 0 aliphatic carbocycles. The van der Waals surface area contributed by atoms with E-state index in [4.69, 9.17) is 29.6 Å². The van der Waals surface area contributed by atoms with E-state index in [0.29, 0.717) is 16.5 Å². The number of nitrogens with zero attached hydrogens (tertiary/aromatic N) is 1. The van der Waals surface area contributed by atoms with Gasteiger partial charge in [-0.1, -0.05) is 42.0 Å². The molecule has 3 nitrogen and oxygen atoms in total. The highest BCUT2D eigenvalue weighted by molar-refractivity contribution is 7.80. The minimum atomic E-state index is 0.271. The Labute approximate surface area is 110 Å². The molecular formula is C12H10ClN3S. The van der Waals surface area contributed by atoms with Crippen molar-refractivity contribution in [2.45, 2.75) is 0 Å². The van der Waals surface area contributed by atoms with E-state index in [1.54, 1.807) is 12.1 Å². The number of hydrogen-bond acceptors (Lipinski definition) is 3. The van der Waals surface area contributed by atoms with Crippen LogP contribution in [0.5, 0.6) is 0 Å². The molecule has 86 valence electrons. The largest absolute Gasteiger partial charge is 0.388 e. The normalized spacial score (nSPS) is 9.94. The number of nitrogens with two attached hydrogens (primary N) is 1. The number of halogens is 1. The second kappa shape index (κ2) is 5.12. The molecule has 17 heavy (non-hydrogen) atoms. The summed E-state index contributed by atoms with van der Waals surface area (Å²) in [7, 11) is 0. The molecule has 0 saturated carbocycles. The maximum atomic E-state index is 6.04. The van der Waals surface area contributed by atoms with Gasteiger partial charge in [0, 0.05) is 0 Å². The summed E-state index contributed by atoms with van der Waals surface area (Å²) >= 11 is 10.9. The molecule has 1 aromatic heterocycles. The Morgan fingerprint density at radius 2 is 1.94 bits per heavy atom. The van der Waals surface area contributed by atoms with Gasteiger partial charge in [0.05, 0.1) is 16.4 Å². The molecule has 0 atom stereocenters. The standard InChI is InChI=1S/C12H10ClN3S/c13-8-4-1-2-5-9(8)15-11-7-3-6-10(16-11)12(14)17/h1-7H,(H2,14,17)(H,15,16). The highest BCUT2D eigenvalue weighted by Crippen LogP contribution is 2.23. The maximum Gasteiger partial charge on any atom is 0.131 e. The van der Waals surface area contributed by atoms with Gasteiger partial charge >= 0.3 is 0 Å². The van der Waals surface area contributed by atoms with E-state index in [-0.39, 0.29) is 4.99 Å². The predicted molar refractivity (Wildman–Crippen MR) is 74.9 cm³/mol. The molecule has 0 aliphatic heterocycles. The number of pyridine rings is 1. The van der Waals surface area contributed by atoms with E-state index in [9.17, 15) is 0 Å². The Kier molecular flexibility index (Phi) is 3.56. The lowest BCUT2D eigenvalue weighted by atomic mass is 10.3. The number of anilines is 2. The van der Waals surface area contributed by atoms with Crippen molar-refractivity contribution >= 4 is 40.3 Å². The van der Waals surface area contributed by atoms with Gasteiger partial charge in [-0.3, -0.25) is 0 Å². The van der Waals surface area contributed by atoms with Crippen LogP contribution in [-0.2, 0) is 0 Å². The summed E-state index contributed by atoms with van der Waals surface area (Å²) in [6.07, 6.45) is 0. The molecule has 2 aromatic rings. The van der Waals surface area contributed by atoms with Crippen LogP contribution in [0.4, 0.5) is 11.5 Å². The zero-order chi connectivity index (χ0) is 12.3. The number of rotatable bonds is 3. The molecule has 0 amide bonds. The number of nitrogens with one attached hydrogen (secondary N) is 1. The fourth-order valence-corrected chi connectivity index (χ4v) is 1.64. The minimum absolute atomic E-state index is 0.271. The SMILES string of the molecule is NC(=S)c1cccc(Nc2ccccc2Cl)n1. The third-order valence-electron chi connectivity index (χ3n) is 2.14. The lowest BCUT2D eigenvalue weighted by Gasteiger charge is -2.08. The summed E-state index contributed by atoms with van der Waals surface area (Å²) in [5.41, 5.74) is 6.89. The van der Waals surface area contributed by atoms with E-state index in [1.807, 2.05) is 30.3 Å². The van der Waals surface area contributed by atoms with Crippen molar-refractivity contribution < 1.29 is 0 Å². The van der Waals surface area contributed by atoms with Gasteiger partial charge in [0.1, 0.15) is 10.8 Å². The molecular weight excluding hydrogens is 254 g/mol. The zero-order valence-corrected chi connectivity index (χ0v) is 10.4.